The van der Waals surface area contributed by atoms with Crippen molar-refractivity contribution in [3.05, 3.63) is 11.9 Å². The number of ether oxygens (including phenoxy) is 3. The number of methoxy groups -OCH3 is 1. The SMILES string of the molecule is CCCc1c(NCC)ncnc1OCCCOCCOC. The molecule has 1 heterocycles. The number of rotatable bonds is 12. The molecule has 0 aliphatic rings. The Morgan fingerprint density at radius 1 is 1.10 bits per heavy atom. The van der Waals surface area contributed by atoms with Crippen LogP contribution >= 0.6 is 0 Å². The molecule has 0 spiro atoms. The fourth-order valence-corrected chi connectivity index (χ4v) is 1.89. The van der Waals surface area contributed by atoms with E-state index in [1.807, 2.05) is 0 Å². The normalized spacial score (nSPS) is 10.6. The lowest BCUT2D eigenvalue weighted by Crippen LogP contribution is -2.10. The number of aromatic nitrogens is 2. The second kappa shape index (κ2) is 11.3. The molecule has 0 amide bonds. The maximum Gasteiger partial charge on any atom is 0.221 e. The summed E-state index contributed by atoms with van der Waals surface area (Å²) in [7, 11) is 1.67. The van der Waals surface area contributed by atoms with Gasteiger partial charge in [0.1, 0.15) is 12.1 Å². The summed E-state index contributed by atoms with van der Waals surface area (Å²) in [6, 6.07) is 0. The van der Waals surface area contributed by atoms with Gasteiger partial charge in [0.25, 0.3) is 0 Å². The third kappa shape index (κ3) is 6.73. The van der Waals surface area contributed by atoms with E-state index >= 15 is 0 Å². The molecular formula is C15H27N3O3. The van der Waals surface area contributed by atoms with Crippen LogP contribution in [-0.4, -0.2) is 50.1 Å². The molecule has 0 aliphatic heterocycles. The molecule has 1 aromatic rings. The van der Waals surface area contributed by atoms with Crippen molar-refractivity contribution in [3.63, 3.8) is 0 Å². The lowest BCUT2D eigenvalue weighted by Gasteiger charge is -2.13. The predicted molar refractivity (Wildman–Crippen MR) is 83.0 cm³/mol. The third-order valence-corrected chi connectivity index (χ3v) is 2.85. The zero-order valence-corrected chi connectivity index (χ0v) is 13.4. The smallest absolute Gasteiger partial charge is 0.221 e. The van der Waals surface area contributed by atoms with Gasteiger partial charge in [0.15, 0.2) is 0 Å². The van der Waals surface area contributed by atoms with Gasteiger partial charge in [-0.05, 0) is 13.3 Å². The highest BCUT2D eigenvalue weighted by molar-refractivity contribution is 5.48. The molecule has 21 heavy (non-hydrogen) atoms. The Kier molecular flexibility index (Phi) is 9.48. The van der Waals surface area contributed by atoms with Crippen LogP contribution in [0.2, 0.25) is 0 Å². The summed E-state index contributed by atoms with van der Waals surface area (Å²) in [6.45, 7) is 7.52. The molecule has 1 rings (SSSR count). The van der Waals surface area contributed by atoms with Crippen LogP contribution in [0.5, 0.6) is 5.88 Å². The first-order valence-electron chi connectivity index (χ1n) is 7.60. The van der Waals surface area contributed by atoms with Crippen LogP contribution in [0.4, 0.5) is 5.82 Å². The van der Waals surface area contributed by atoms with Gasteiger partial charge < -0.3 is 19.5 Å². The van der Waals surface area contributed by atoms with Gasteiger partial charge in [-0.2, -0.15) is 0 Å². The maximum atomic E-state index is 5.78. The molecule has 0 bridgehead atoms. The quantitative estimate of drug-likeness (QED) is 0.597. The van der Waals surface area contributed by atoms with Crippen molar-refractivity contribution in [3.8, 4) is 5.88 Å². The summed E-state index contributed by atoms with van der Waals surface area (Å²) in [4.78, 5) is 8.54. The van der Waals surface area contributed by atoms with Crippen molar-refractivity contribution >= 4 is 5.82 Å². The lowest BCUT2D eigenvalue weighted by atomic mass is 10.1. The maximum absolute atomic E-state index is 5.78. The number of hydrogen-bond donors (Lipinski definition) is 1. The Morgan fingerprint density at radius 2 is 1.95 bits per heavy atom. The Morgan fingerprint density at radius 3 is 2.67 bits per heavy atom. The number of hydrogen-bond acceptors (Lipinski definition) is 6. The van der Waals surface area contributed by atoms with Crippen molar-refractivity contribution < 1.29 is 14.2 Å². The van der Waals surface area contributed by atoms with E-state index < -0.39 is 0 Å². The minimum Gasteiger partial charge on any atom is -0.477 e. The van der Waals surface area contributed by atoms with Crippen molar-refractivity contribution in [1.29, 1.82) is 0 Å². The van der Waals surface area contributed by atoms with E-state index in [9.17, 15) is 0 Å². The Labute approximate surface area is 127 Å². The number of anilines is 1. The van der Waals surface area contributed by atoms with Crippen molar-refractivity contribution in [1.82, 2.24) is 9.97 Å². The average Bonchev–Trinajstić information content (AvgIpc) is 2.49. The third-order valence-electron chi connectivity index (χ3n) is 2.85. The second-order valence-electron chi connectivity index (χ2n) is 4.59. The van der Waals surface area contributed by atoms with E-state index in [1.54, 1.807) is 13.4 Å². The summed E-state index contributed by atoms with van der Waals surface area (Å²) in [6.07, 6.45) is 4.31. The first-order chi connectivity index (χ1) is 10.3. The van der Waals surface area contributed by atoms with Gasteiger partial charge in [0, 0.05) is 26.7 Å². The van der Waals surface area contributed by atoms with E-state index in [1.165, 1.54) is 0 Å². The van der Waals surface area contributed by atoms with Gasteiger partial charge in [-0.25, -0.2) is 9.97 Å². The first-order valence-corrected chi connectivity index (χ1v) is 7.60. The molecule has 0 aromatic carbocycles. The van der Waals surface area contributed by atoms with Gasteiger partial charge in [-0.15, -0.1) is 0 Å². The molecular weight excluding hydrogens is 270 g/mol. The highest BCUT2D eigenvalue weighted by atomic mass is 16.5. The highest BCUT2D eigenvalue weighted by Gasteiger charge is 2.11. The molecule has 0 atom stereocenters. The Bertz CT molecular complexity index is 388. The van der Waals surface area contributed by atoms with E-state index in [2.05, 4.69) is 29.1 Å². The molecule has 0 fully saturated rings. The van der Waals surface area contributed by atoms with E-state index in [0.717, 1.165) is 37.2 Å². The summed E-state index contributed by atoms with van der Waals surface area (Å²) < 4.78 is 16.1. The molecule has 0 unspecified atom stereocenters. The monoisotopic (exact) mass is 297 g/mol. The van der Waals surface area contributed by atoms with Gasteiger partial charge in [0.2, 0.25) is 5.88 Å². The number of nitrogens with one attached hydrogen (secondary N) is 1. The Hall–Kier alpha value is -1.40. The minimum atomic E-state index is 0.590. The van der Waals surface area contributed by atoms with Crippen molar-refractivity contribution in [2.75, 3.05) is 45.4 Å². The van der Waals surface area contributed by atoms with Crippen LogP contribution in [-0.2, 0) is 15.9 Å². The molecule has 120 valence electrons. The fourth-order valence-electron chi connectivity index (χ4n) is 1.89. The molecule has 1 N–H and O–H groups in total. The van der Waals surface area contributed by atoms with Crippen LogP contribution in [0, 0.1) is 0 Å². The predicted octanol–water partition coefficient (Wildman–Crippen LogP) is 2.29. The second-order valence-corrected chi connectivity index (χ2v) is 4.59. The van der Waals surface area contributed by atoms with Gasteiger partial charge in [-0.1, -0.05) is 13.3 Å². The van der Waals surface area contributed by atoms with Crippen LogP contribution in [0.25, 0.3) is 0 Å². The topological polar surface area (TPSA) is 65.5 Å². The van der Waals surface area contributed by atoms with E-state index in [4.69, 9.17) is 14.2 Å². The summed E-state index contributed by atoms with van der Waals surface area (Å²) in [5.41, 5.74) is 1.06. The molecule has 1 aromatic heterocycles. The first kappa shape index (κ1) is 17.7. The fraction of sp³-hybridized carbons (Fsp3) is 0.733. The molecule has 0 saturated carbocycles. The largest absolute Gasteiger partial charge is 0.477 e. The Balaban J connectivity index is 2.44. The van der Waals surface area contributed by atoms with Crippen LogP contribution < -0.4 is 10.1 Å². The zero-order valence-electron chi connectivity index (χ0n) is 13.4. The van der Waals surface area contributed by atoms with Crippen LogP contribution in [0.1, 0.15) is 32.3 Å². The number of nitrogens with zero attached hydrogens (tertiary/aromatic N) is 2. The van der Waals surface area contributed by atoms with Crippen LogP contribution in [0.15, 0.2) is 6.33 Å². The average molecular weight is 297 g/mol. The molecule has 0 aliphatic carbocycles. The van der Waals surface area contributed by atoms with Gasteiger partial charge >= 0.3 is 0 Å². The molecule has 6 heteroatoms. The van der Waals surface area contributed by atoms with E-state index in [-0.39, 0.29) is 0 Å². The zero-order chi connectivity index (χ0) is 15.3. The standard InChI is InChI=1S/C15H27N3O3/c1-4-7-13-14(16-5-2)17-12-18-15(13)21-9-6-8-20-11-10-19-3/h12H,4-11H2,1-3H3,(H,16,17,18). The van der Waals surface area contributed by atoms with Gasteiger partial charge in [-0.3, -0.25) is 0 Å². The summed E-state index contributed by atoms with van der Waals surface area (Å²) in [5.74, 6) is 1.56. The minimum absolute atomic E-state index is 0.590. The van der Waals surface area contributed by atoms with Crippen LogP contribution in [0.3, 0.4) is 0 Å². The summed E-state index contributed by atoms with van der Waals surface area (Å²) in [5, 5.41) is 3.26. The summed E-state index contributed by atoms with van der Waals surface area (Å²) >= 11 is 0. The van der Waals surface area contributed by atoms with Gasteiger partial charge in [0.05, 0.1) is 25.4 Å². The van der Waals surface area contributed by atoms with Crippen molar-refractivity contribution in [2.24, 2.45) is 0 Å². The molecule has 0 radical (unpaired) electrons. The van der Waals surface area contributed by atoms with Crippen molar-refractivity contribution in [2.45, 2.75) is 33.1 Å². The highest BCUT2D eigenvalue weighted by Crippen LogP contribution is 2.23. The lowest BCUT2D eigenvalue weighted by molar-refractivity contribution is 0.0641. The van der Waals surface area contributed by atoms with E-state index in [0.29, 0.717) is 32.3 Å². The molecule has 6 nitrogen and oxygen atoms in total. The molecule has 0 saturated heterocycles.